The number of rotatable bonds is 5. The van der Waals surface area contributed by atoms with E-state index in [4.69, 9.17) is 10.2 Å². The smallest absolute Gasteiger partial charge is 0.339 e. The van der Waals surface area contributed by atoms with Crippen LogP contribution in [0.4, 0.5) is 5.69 Å². The quantitative estimate of drug-likeness (QED) is 0.572. The average molecular weight is 266 g/mol. The predicted molar refractivity (Wildman–Crippen MR) is 67.1 cm³/mol. The number of hydrogen-bond donors (Lipinski definition) is 4. The van der Waals surface area contributed by atoms with Crippen LogP contribution in [-0.2, 0) is 7.05 Å². The molecule has 2 heterocycles. The summed E-state index contributed by atoms with van der Waals surface area (Å²) in [6.07, 6.45) is 1.77. The van der Waals surface area contributed by atoms with Crippen molar-refractivity contribution >= 4 is 22.7 Å². The molecule has 2 aromatic rings. The van der Waals surface area contributed by atoms with Crippen molar-refractivity contribution in [1.82, 2.24) is 14.8 Å². The van der Waals surface area contributed by atoms with Gasteiger partial charge in [0, 0.05) is 19.8 Å². The van der Waals surface area contributed by atoms with Gasteiger partial charge in [-0.25, -0.2) is 9.78 Å². The van der Waals surface area contributed by atoms with E-state index < -0.39 is 18.7 Å². The van der Waals surface area contributed by atoms with Crippen LogP contribution in [0.3, 0.4) is 0 Å². The fraction of sp³-hybridized carbons (Fsp3) is 0.364. The van der Waals surface area contributed by atoms with Crippen LogP contribution in [0.2, 0.25) is 0 Å². The molecule has 0 bridgehead atoms. The zero-order valence-electron chi connectivity index (χ0n) is 10.2. The third-order valence-electron chi connectivity index (χ3n) is 2.72. The third-order valence-corrected chi connectivity index (χ3v) is 2.72. The number of carboxylic acid groups (broad SMARTS) is 1. The fourth-order valence-electron chi connectivity index (χ4n) is 1.73. The van der Waals surface area contributed by atoms with Gasteiger partial charge in [0.2, 0.25) is 0 Å². The lowest BCUT2D eigenvalue weighted by Gasteiger charge is -2.13. The molecule has 0 radical (unpaired) electrons. The Kier molecular flexibility index (Phi) is 3.63. The van der Waals surface area contributed by atoms with Gasteiger partial charge in [0.1, 0.15) is 5.56 Å². The zero-order chi connectivity index (χ0) is 14.0. The van der Waals surface area contributed by atoms with Gasteiger partial charge < -0.3 is 20.6 Å². The van der Waals surface area contributed by atoms with Gasteiger partial charge >= 0.3 is 5.97 Å². The van der Waals surface area contributed by atoms with Gasteiger partial charge in [-0.05, 0) is 0 Å². The van der Waals surface area contributed by atoms with E-state index >= 15 is 0 Å². The van der Waals surface area contributed by atoms with Crippen LogP contribution in [0.1, 0.15) is 10.4 Å². The summed E-state index contributed by atoms with van der Waals surface area (Å²) in [4.78, 5) is 15.2. The Morgan fingerprint density at radius 2 is 2.26 bits per heavy atom. The molecule has 0 aliphatic carbocycles. The summed E-state index contributed by atoms with van der Waals surface area (Å²) in [5.74, 6) is -1.13. The first-order valence-corrected chi connectivity index (χ1v) is 5.61. The number of aromatic carboxylic acids is 1. The van der Waals surface area contributed by atoms with Crippen LogP contribution in [-0.4, -0.2) is 55.3 Å². The van der Waals surface area contributed by atoms with E-state index in [0.717, 1.165) is 0 Å². The van der Waals surface area contributed by atoms with Crippen molar-refractivity contribution in [3.63, 3.8) is 0 Å². The Morgan fingerprint density at radius 3 is 2.89 bits per heavy atom. The number of carboxylic acids is 1. The molecule has 2 rings (SSSR count). The highest BCUT2D eigenvalue weighted by Crippen LogP contribution is 2.25. The van der Waals surface area contributed by atoms with Gasteiger partial charge in [-0.1, -0.05) is 0 Å². The summed E-state index contributed by atoms with van der Waals surface area (Å²) >= 11 is 0. The number of nitrogens with zero attached hydrogens (tertiary/aromatic N) is 3. The highest BCUT2D eigenvalue weighted by Gasteiger charge is 2.17. The largest absolute Gasteiger partial charge is 0.478 e. The van der Waals surface area contributed by atoms with Crippen molar-refractivity contribution in [2.45, 2.75) is 6.10 Å². The van der Waals surface area contributed by atoms with E-state index in [1.165, 1.54) is 17.1 Å². The summed E-state index contributed by atoms with van der Waals surface area (Å²) in [5.41, 5.74) is 0.856. The zero-order valence-corrected chi connectivity index (χ0v) is 10.2. The molecular formula is C11H14N4O4. The summed E-state index contributed by atoms with van der Waals surface area (Å²) in [5, 5.41) is 34.6. The highest BCUT2D eigenvalue weighted by atomic mass is 16.4. The molecule has 4 N–H and O–H groups in total. The summed E-state index contributed by atoms with van der Waals surface area (Å²) in [6.45, 7) is -0.374. The minimum absolute atomic E-state index is 0.00867. The Morgan fingerprint density at radius 1 is 1.53 bits per heavy atom. The second kappa shape index (κ2) is 5.21. The molecule has 0 saturated carbocycles. The number of fused-ring (bicyclic) bond motifs is 1. The average Bonchev–Trinajstić information content (AvgIpc) is 2.77. The van der Waals surface area contributed by atoms with Gasteiger partial charge in [0.05, 0.1) is 30.0 Å². The molecule has 0 aromatic carbocycles. The SMILES string of the molecule is Cn1ncc2c(NCC(O)CO)c(C(=O)O)cnc21. The summed E-state index contributed by atoms with van der Waals surface area (Å²) in [7, 11) is 1.70. The maximum Gasteiger partial charge on any atom is 0.339 e. The minimum Gasteiger partial charge on any atom is -0.478 e. The van der Waals surface area contributed by atoms with Crippen molar-refractivity contribution < 1.29 is 20.1 Å². The van der Waals surface area contributed by atoms with Gasteiger partial charge in [-0.15, -0.1) is 0 Å². The number of aryl methyl sites for hydroxylation is 1. The van der Waals surface area contributed by atoms with Gasteiger partial charge in [0.25, 0.3) is 0 Å². The van der Waals surface area contributed by atoms with E-state index in [1.54, 1.807) is 7.05 Å². The highest BCUT2D eigenvalue weighted by molar-refractivity contribution is 6.03. The molecule has 19 heavy (non-hydrogen) atoms. The molecule has 0 fully saturated rings. The van der Waals surface area contributed by atoms with Crippen LogP contribution in [0.15, 0.2) is 12.4 Å². The first kappa shape index (κ1) is 13.2. The maximum atomic E-state index is 11.2. The first-order valence-electron chi connectivity index (χ1n) is 5.61. The monoisotopic (exact) mass is 266 g/mol. The number of carbonyl (C=O) groups is 1. The maximum absolute atomic E-state index is 11.2. The standard InChI is InChI=1S/C11H14N4O4/c1-15-10-7(4-14-15)9(12-2-6(17)5-16)8(3-13-10)11(18)19/h3-4,6,16-17H,2,5H2,1H3,(H,12,13)(H,18,19). The molecule has 1 atom stereocenters. The number of pyridine rings is 1. The van der Waals surface area contributed by atoms with Crippen LogP contribution in [0, 0.1) is 0 Å². The number of hydrogen-bond acceptors (Lipinski definition) is 6. The number of aliphatic hydroxyl groups is 2. The fourth-order valence-corrected chi connectivity index (χ4v) is 1.73. The van der Waals surface area contributed by atoms with Gasteiger partial charge in [-0.3, -0.25) is 4.68 Å². The molecule has 0 aliphatic heterocycles. The number of nitrogens with one attached hydrogen (secondary N) is 1. The van der Waals surface area contributed by atoms with Crippen molar-refractivity contribution in [2.75, 3.05) is 18.5 Å². The molecule has 0 amide bonds. The normalized spacial score (nSPS) is 12.6. The van der Waals surface area contributed by atoms with E-state index in [-0.39, 0.29) is 12.1 Å². The second-order valence-corrected chi connectivity index (χ2v) is 4.07. The second-order valence-electron chi connectivity index (χ2n) is 4.07. The molecule has 2 aromatic heterocycles. The van der Waals surface area contributed by atoms with Crippen LogP contribution in [0.25, 0.3) is 11.0 Å². The van der Waals surface area contributed by atoms with Crippen molar-refractivity contribution in [3.8, 4) is 0 Å². The van der Waals surface area contributed by atoms with Gasteiger partial charge in [-0.2, -0.15) is 5.10 Å². The Bertz CT molecular complexity index is 610. The Labute approximate surface area is 108 Å². The summed E-state index contributed by atoms with van der Waals surface area (Å²) < 4.78 is 1.52. The van der Waals surface area contributed by atoms with Crippen molar-refractivity contribution in [1.29, 1.82) is 0 Å². The molecule has 0 aliphatic rings. The topological polar surface area (TPSA) is 120 Å². The summed E-state index contributed by atoms with van der Waals surface area (Å²) in [6, 6.07) is 0. The Hall–Kier alpha value is -2.19. The first-order chi connectivity index (χ1) is 9.04. The lowest BCUT2D eigenvalue weighted by atomic mass is 10.1. The van der Waals surface area contributed by atoms with E-state index in [0.29, 0.717) is 16.7 Å². The molecule has 102 valence electrons. The van der Waals surface area contributed by atoms with E-state index in [2.05, 4.69) is 15.4 Å². The lowest BCUT2D eigenvalue weighted by molar-refractivity contribution is 0.0697. The predicted octanol–water partition coefficient (Wildman–Crippen LogP) is -0.568. The molecule has 8 nitrogen and oxygen atoms in total. The van der Waals surface area contributed by atoms with E-state index in [9.17, 15) is 9.90 Å². The number of aliphatic hydroxyl groups excluding tert-OH is 2. The van der Waals surface area contributed by atoms with Crippen LogP contribution in [0.5, 0.6) is 0 Å². The van der Waals surface area contributed by atoms with Crippen LogP contribution < -0.4 is 5.32 Å². The molecule has 8 heteroatoms. The van der Waals surface area contributed by atoms with E-state index in [1.807, 2.05) is 0 Å². The van der Waals surface area contributed by atoms with Crippen molar-refractivity contribution in [2.24, 2.45) is 7.05 Å². The molecular weight excluding hydrogens is 252 g/mol. The van der Waals surface area contributed by atoms with Crippen LogP contribution >= 0.6 is 0 Å². The number of anilines is 1. The molecule has 0 saturated heterocycles. The number of aromatic nitrogens is 3. The molecule has 0 spiro atoms. The lowest BCUT2D eigenvalue weighted by Crippen LogP contribution is -2.24. The van der Waals surface area contributed by atoms with Crippen molar-refractivity contribution in [3.05, 3.63) is 18.0 Å². The van der Waals surface area contributed by atoms with Gasteiger partial charge in [0.15, 0.2) is 5.65 Å². The minimum atomic E-state index is -1.13. The molecule has 1 unspecified atom stereocenters. The Balaban J connectivity index is 2.47. The third kappa shape index (κ3) is 2.49.